The number of benzene rings is 2. The third-order valence-electron chi connectivity index (χ3n) is 5.01. The van der Waals surface area contributed by atoms with Gasteiger partial charge in [-0.2, -0.15) is 11.8 Å². The van der Waals surface area contributed by atoms with Crippen LogP contribution in [0.15, 0.2) is 30.3 Å². The van der Waals surface area contributed by atoms with Gasteiger partial charge in [0.15, 0.2) is 11.6 Å². The summed E-state index contributed by atoms with van der Waals surface area (Å²) < 4.78 is 43.2. The number of amides is 1. The maximum Gasteiger partial charge on any atom is 0.256 e. The predicted octanol–water partition coefficient (Wildman–Crippen LogP) is 5.17. The Kier molecular flexibility index (Phi) is 7.56. The highest BCUT2D eigenvalue weighted by Gasteiger charge is 2.43. The Morgan fingerprint density at radius 1 is 1.20 bits per heavy atom. The molecule has 0 aliphatic carbocycles. The first-order valence-electron chi connectivity index (χ1n) is 9.45. The van der Waals surface area contributed by atoms with E-state index in [1.54, 1.807) is 17.8 Å². The summed E-state index contributed by atoms with van der Waals surface area (Å²) in [6, 6.07) is 6.29. The van der Waals surface area contributed by atoms with Crippen molar-refractivity contribution in [2.75, 3.05) is 30.4 Å². The second-order valence-corrected chi connectivity index (χ2v) is 9.60. The quantitative estimate of drug-likeness (QED) is 0.352. The maximum absolute atomic E-state index is 14.5. The van der Waals surface area contributed by atoms with E-state index in [0.29, 0.717) is 9.99 Å². The lowest BCUT2D eigenvalue weighted by Gasteiger charge is -2.46. The molecule has 3 rings (SSSR count). The van der Waals surface area contributed by atoms with Crippen molar-refractivity contribution in [3.63, 3.8) is 0 Å². The summed E-state index contributed by atoms with van der Waals surface area (Å²) >= 11 is 3.67. The fourth-order valence-electron chi connectivity index (χ4n) is 3.41. The largest absolute Gasteiger partial charge is 0.386 e. The molecule has 1 amide bonds. The van der Waals surface area contributed by atoms with E-state index < -0.39 is 34.6 Å². The van der Waals surface area contributed by atoms with Crippen LogP contribution in [0.4, 0.5) is 24.5 Å². The molecule has 0 atom stereocenters. The number of thioether (sulfide) groups is 1. The molecule has 162 valence electrons. The van der Waals surface area contributed by atoms with Crippen molar-refractivity contribution >= 4 is 51.6 Å². The summed E-state index contributed by atoms with van der Waals surface area (Å²) in [7, 11) is 0. The molecule has 2 N–H and O–H groups in total. The van der Waals surface area contributed by atoms with Crippen LogP contribution in [0, 0.1) is 21.0 Å². The molecule has 2 aromatic carbocycles. The number of nitrogens with zero attached hydrogens (tertiary/aromatic N) is 1. The summed E-state index contributed by atoms with van der Waals surface area (Å²) in [4.78, 5) is 14.3. The van der Waals surface area contributed by atoms with Gasteiger partial charge in [0.2, 0.25) is 0 Å². The van der Waals surface area contributed by atoms with Gasteiger partial charge in [-0.3, -0.25) is 4.79 Å². The van der Waals surface area contributed by atoms with E-state index in [1.807, 2.05) is 28.8 Å². The number of nitrogens with one attached hydrogen (secondary N) is 1. The molecule has 9 heteroatoms. The topological polar surface area (TPSA) is 52.6 Å². The number of unbranched alkanes of at least 4 members (excludes halogenated alkanes) is 1. The molecule has 2 aromatic rings. The number of halogens is 4. The molecule has 0 aromatic heterocycles. The van der Waals surface area contributed by atoms with E-state index in [-0.39, 0.29) is 24.3 Å². The van der Waals surface area contributed by atoms with Gasteiger partial charge < -0.3 is 15.3 Å². The van der Waals surface area contributed by atoms with Gasteiger partial charge in [0.05, 0.1) is 35.6 Å². The number of carbonyl (C=O) groups is 1. The first-order chi connectivity index (χ1) is 14.2. The number of hydrogen-bond donors (Lipinski definition) is 2. The average molecular weight is 550 g/mol. The van der Waals surface area contributed by atoms with Gasteiger partial charge >= 0.3 is 0 Å². The second kappa shape index (κ2) is 9.78. The Morgan fingerprint density at radius 2 is 1.93 bits per heavy atom. The standard InChI is InChI=1S/C21H22F3IN2O2S/c1-30-9-3-2-8-21(29)11-27(12-21)20(28)14-5-6-15(22)18(24)19(14)26-17-7-4-13(25)10-16(17)23/h4-7,10,26,29H,2-3,8-9,11-12H2,1H3. The van der Waals surface area contributed by atoms with Gasteiger partial charge in [0, 0.05) is 3.57 Å². The maximum atomic E-state index is 14.5. The fourth-order valence-corrected chi connectivity index (χ4v) is 4.36. The first kappa shape index (κ1) is 23.2. The van der Waals surface area contributed by atoms with Gasteiger partial charge in [-0.15, -0.1) is 0 Å². The highest BCUT2D eigenvalue weighted by molar-refractivity contribution is 14.1. The smallest absolute Gasteiger partial charge is 0.256 e. The molecule has 1 fully saturated rings. The number of rotatable bonds is 8. The van der Waals surface area contributed by atoms with Crippen molar-refractivity contribution in [1.29, 1.82) is 0 Å². The number of β-amino-alcohol motifs (C(OH)–C–C–N with tert-alkyl or cyclic N) is 1. The Hall–Kier alpha value is -1.46. The zero-order valence-electron chi connectivity index (χ0n) is 16.4. The normalized spacial score (nSPS) is 15.1. The highest BCUT2D eigenvalue weighted by atomic mass is 127. The molecule has 0 bridgehead atoms. The number of hydrogen-bond acceptors (Lipinski definition) is 4. The minimum atomic E-state index is -1.26. The highest BCUT2D eigenvalue weighted by Crippen LogP contribution is 2.33. The zero-order valence-corrected chi connectivity index (χ0v) is 19.3. The summed E-state index contributed by atoms with van der Waals surface area (Å²) in [5.41, 5.74) is -1.56. The Balaban J connectivity index is 1.76. The molecule has 0 radical (unpaired) electrons. The van der Waals surface area contributed by atoms with Crippen LogP contribution in [-0.4, -0.2) is 46.6 Å². The van der Waals surface area contributed by atoms with Gasteiger partial charge in [-0.1, -0.05) is 0 Å². The molecular weight excluding hydrogens is 528 g/mol. The third kappa shape index (κ3) is 5.23. The van der Waals surface area contributed by atoms with Gasteiger partial charge in [0.25, 0.3) is 5.91 Å². The summed E-state index contributed by atoms with van der Waals surface area (Å²) in [5.74, 6) is -2.58. The summed E-state index contributed by atoms with van der Waals surface area (Å²) in [6.45, 7) is 0.253. The van der Waals surface area contributed by atoms with Crippen LogP contribution in [0.1, 0.15) is 29.6 Å². The van der Waals surface area contributed by atoms with E-state index in [9.17, 15) is 23.1 Å². The van der Waals surface area contributed by atoms with E-state index >= 15 is 0 Å². The Morgan fingerprint density at radius 3 is 2.60 bits per heavy atom. The van der Waals surface area contributed by atoms with Crippen molar-refractivity contribution in [1.82, 2.24) is 4.90 Å². The minimum absolute atomic E-state index is 0.0668. The van der Waals surface area contributed by atoms with Crippen LogP contribution in [0.5, 0.6) is 0 Å². The lowest BCUT2D eigenvalue weighted by molar-refractivity contribution is -0.0866. The molecule has 1 aliphatic heterocycles. The van der Waals surface area contributed by atoms with Crippen LogP contribution >= 0.6 is 34.4 Å². The average Bonchev–Trinajstić information content (AvgIpc) is 2.68. The van der Waals surface area contributed by atoms with Crippen molar-refractivity contribution in [2.45, 2.75) is 24.9 Å². The first-order valence-corrected chi connectivity index (χ1v) is 11.9. The van der Waals surface area contributed by atoms with Crippen molar-refractivity contribution < 1.29 is 23.1 Å². The van der Waals surface area contributed by atoms with Crippen molar-refractivity contribution in [3.8, 4) is 0 Å². The number of likely N-dealkylation sites (tertiary alicyclic amines) is 1. The van der Waals surface area contributed by atoms with Crippen LogP contribution in [0.2, 0.25) is 0 Å². The zero-order chi connectivity index (χ0) is 21.9. The number of carbonyl (C=O) groups excluding carboxylic acids is 1. The van der Waals surface area contributed by atoms with E-state index in [2.05, 4.69) is 5.32 Å². The van der Waals surface area contributed by atoms with E-state index in [1.165, 1.54) is 23.1 Å². The predicted molar refractivity (Wildman–Crippen MR) is 122 cm³/mol. The molecule has 1 saturated heterocycles. The molecule has 4 nitrogen and oxygen atoms in total. The molecule has 1 heterocycles. The van der Waals surface area contributed by atoms with Crippen LogP contribution in [0.3, 0.4) is 0 Å². The van der Waals surface area contributed by atoms with Gasteiger partial charge in [-0.25, -0.2) is 13.2 Å². The number of aliphatic hydroxyl groups is 1. The Labute approximate surface area is 191 Å². The third-order valence-corrected chi connectivity index (χ3v) is 6.38. The fraction of sp³-hybridized carbons (Fsp3) is 0.381. The van der Waals surface area contributed by atoms with Crippen LogP contribution < -0.4 is 5.32 Å². The van der Waals surface area contributed by atoms with Crippen LogP contribution in [0.25, 0.3) is 0 Å². The summed E-state index contributed by atoms with van der Waals surface area (Å²) in [5, 5.41) is 13.1. The molecule has 1 aliphatic rings. The number of anilines is 2. The van der Waals surface area contributed by atoms with Crippen LogP contribution in [-0.2, 0) is 0 Å². The Bertz CT molecular complexity index is 939. The molecule has 0 spiro atoms. The second-order valence-electron chi connectivity index (χ2n) is 7.37. The SMILES string of the molecule is CSCCCCC1(O)CN(C(=O)c2ccc(F)c(F)c2Nc2ccc(I)cc2F)C1. The van der Waals surface area contributed by atoms with E-state index in [4.69, 9.17) is 0 Å². The van der Waals surface area contributed by atoms with E-state index in [0.717, 1.165) is 24.7 Å². The molecule has 0 unspecified atom stereocenters. The van der Waals surface area contributed by atoms with Crippen molar-refractivity contribution in [3.05, 3.63) is 56.9 Å². The summed E-state index contributed by atoms with van der Waals surface area (Å²) in [6.07, 6.45) is 4.43. The minimum Gasteiger partial charge on any atom is -0.386 e. The van der Waals surface area contributed by atoms with Gasteiger partial charge in [-0.05, 0) is 84.2 Å². The lowest BCUT2D eigenvalue weighted by atomic mass is 9.88. The molecule has 0 saturated carbocycles. The molecular formula is C21H22F3IN2O2S. The lowest BCUT2D eigenvalue weighted by Crippen LogP contribution is -2.63. The van der Waals surface area contributed by atoms with Gasteiger partial charge in [0.1, 0.15) is 5.82 Å². The van der Waals surface area contributed by atoms with Crippen molar-refractivity contribution in [2.24, 2.45) is 0 Å². The molecule has 30 heavy (non-hydrogen) atoms. The monoisotopic (exact) mass is 550 g/mol.